The summed E-state index contributed by atoms with van der Waals surface area (Å²) in [6.45, 7) is 1.95. The molecule has 7 nitrogen and oxygen atoms in total. The van der Waals surface area contributed by atoms with Gasteiger partial charge in [0.15, 0.2) is 0 Å². The zero-order chi connectivity index (χ0) is 20.9. The Hall–Kier alpha value is -3.05. The number of ether oxygens (including phenoxy) is 1. The molecule has 2 amide bonds. The Morgan fingerprint density at radius 2 is 2.23 bits per heavy atom. The maximum atomic E-state index is 12.3. The molecule has 1 saturated heterocycles. The number of nitriles is 1. The zero-order valence-electron chi connectivity index (χ0n) is 16.6. The second-order valence-corrected chi connectivity index (χ2v) is 8.68. The molecule has 156 valence electrons. The van der Waals surface area contributed by atoms with Crippen LogP contribution in [0.2, 0.25) is 0 Å². The SMILES string of the molecule is N#Cc1c(NC(=O)/C=C/c2ccoc2)sc2c1CCC(COC(=O)N1CCCC1)C2. The molecule has 0 bridgehead atoms. The van der Waals surface area contributed by atoms with Crippen LogP contribution in [0, 0.1) is 17.2 Å². The molecule has 1 aliphatic carbocycles. The van der Waals surface area contributed by atoms with Crippen LogP contribution in [0.4, 0.5) is 9.80 Å². The number of thiophene rings is 1. The number of furan rings is 1. The molecule has 3 heterocycles. The van der Waals surface area contributed by atoms with Gasteiger partial charge in [-0.15, -0.1) is 11.3 Å². The number of carbonyl (C=O) groups excluding carboxylic acids is 2. The molecular formula is C22H23N3O4S. The van der Waals surface area contributed by atoms with Crippen molar-refractivity contribution >= 4 is 34.4 Å². The quantitative estimate of drug-likeness (QED) is 0.724. The molecule has 2 aliphatic rings. The summed E-state index contributed by atoms with van der Waals surface area (Å²) >= 11 is 1.44. The standard InChI is InChI=1S/C22H23N3O4S/c23-12-18-17-5-3-16(14-29-22(27)25-8-1-2-9-25)11-19(17)30-21(18)24-20(26)6-4-15-7-10-28-13-15/h4,6-7,10,13,16H,1-3,5,8-9,11,14H2,(H,24,26)/b6-4+. The highest BCUT2D eigenvalue weighted by atomic mass is 32.1. The summed E-state index contributed by atoms with van der Waals surface area (Å²) in [6, 6.07) is 4.00. The van der Waals surface area contributed by atoms with Crippen molar-refractivity contribution in [3.8, 4) is 6.07 Å². The highest BCUT2D eigenvalue weighted by Crippen LogP contribution is 2.39. The molecule has 1 fully saturated rings. The van der Waals surface area contributed by atoms with Crippen LogP contribution >= 0.6 is 11.3 Å². The van der Waals surface area contributed by atoms with E-state index in [1.165, 1.54) is 23.7 Å². The lowest BCUT2D eigenvalue weighted by atomic mass is 9.88. The average molecular weight is 426 g/mol. The van der Waals surface area contributed by atoms with Crippen LogP contribution in [0.1, 0.15) is 40.8 Å². The summed E-state index contributed by atoms with van der Waals surface area (Å²) in [5, 5.41) is 13.0. The van der Waals surface area contributed by atoms with E-state index in [0.29, 0.717) is 17.2 Å². The fraction of sp³-hybridized carbons (Fsp3) is 0.409. The maximum absolute atomic E-state index is 12.3. The minimum absolute atomic E-state index is 0.223. The van der Waals surface area contributed by atoms with Crippen molar-refractivity contribution in [3.63, 3.8) is 0 Å². The number of nitrogens with one attached hydrogen (secondary N) is 1. The molecule has 0 radical (unpaired) electrons. The summed E-state index contributed by atoms with van der Waals surface area (Å²) in [4.78, 5) is 27.2. The first-order valence-electron chi connectivity index (χ1n) is 10.1. The molecule has 1 aliphatic heterocycles. The third-order valence-electron chi connectivity index (χ3n) is 5.49. The number of amides is 2. The molecule has 1 atom stereocenters. The topological polar surface area (TPSA) is 95.6 Å². The van der Waals surface area contributed by atoms with Gasteiger partial charge in [-0.1, -0.05) is 0 Å². The summed E-state index contributed by atoms with van der Waals surface area (Å²) in [5.41, 5.74) is 2.36. The Morgan fingerprint density at radius 3 is 2.97 bits per heavy atom. The van der Waals surface area contributed by atoms with Gasteiger partial charge in [0, 0.05) is 29.6 Å². The fourth-order valence-corrected chi connectivity index (χ4v) is 5.19. The van der Waals surface area contributed by atoms with Gasteiger partial charge in [-0.3, -0.25) is 4.79 Å². The van der Waals surface area contributed by atoms with Crippen molar-refractivity contribution < 1.29 is 18.7 Å². The minimum Gasteiger partial charge on any atom is -0.472 e. The highest BCUT2D eigenvalue weighted by Gasteiger charge is 2.28. The van der Waals surface area contributed by atoms with E-state index >= 15 is 0 Å². The lowest BCUT2D eigenvalue weighted by molar-refractivity contribution is -0.111. The van der Waals surface area contributed by atoms with Gasteiger partial charge >= 0.3 is 6.09 Å². The minimum atomic E-state index is -0.289. The van der Waals surface area contributed by atoms with E-state index in [1.54, 1.807) is 23.3 Å². The molecule has 0 aromatic carbocycles. The molecular weight excluding hydrogens is 402 g/mol. The lowest BCUT2D eigenvalue weighted by Gasteiger charge is -2.23. The smallest absolute Gasteiger partial charge is 0.409 e. The Balaban J connectivity index is 1.37. The van der Waals surface area contributed by atoms with E-state index in [1.807, 2.05) is 0 Å². The van der Waals surface area contributed by atoms with Crippen LogP contribution < -0.4 is 5.32 Å². The molecule has 1 N–H and O–H groups in total. The molecule has 2 aromatic heterocycles. The molecule has 30 heavy (non-hydrogen) atoms. The predicted molar refractivity (Wildman–Crippen MR) is 113 cm³/mol. The van der Waals surface area contributed by atoms with E-state index in [4.69, 9.17) is 9.15 Å². The van der Waals surface area contributed by atoms with Crippen LogP contribution in [-0.2, 0) is 22.4 Å². The van der Waals surface area contributed by atoms with E-state index < -0.39 is 0 Å². The van der Waals surface area contributed by atoms with Gasteiger partial charge in [0.25, 0.3) is 0 Å². The van der Waals surface area contributed by atoms with Gasteiger partial charge in [-0.2, -0.15) is 5.26 Å². The third kappa shape index (κ3) is 4.57. The molecule has 0 spiro atoms. The third-order valence-corrected chi connectivity index (χ3v) is 6.66. The van der Waals surface area contributed by atoms with Crippen LogP contribution in [0.25, 0.3) is 6.08 Å². The molecule has 8 heteroatoms. The number of hydrogen-bond donors (Lipinski definition) is 1. The van der Waals surface area contributed by atoms with Gasteiger partial charge in [-0.25, -0.2) is 4.79 Å². The van der Waals surface area contributed by atoms with Crippen molar-refractivity contribution in [1.82, 2.24) is 4.90 Å². The van der Waals surface area contributed by atoms with Gasteiger partial charge < -0.3 is 19.4 Å². The Kier molecular flexibility index (Phi) is 6.19. The van der Waals surface area contributed by atoms with Crippen molar-refractivity contribution in [3.05, 3.63) is 46.2 Å². The molecule has 2 aromatic rings. The number of rotatable bonds is 5. The zero-order valence-corrected chi connectivity index (χ0v) is 17.4. The maximum Gasteiger partial charge on any atom is 0.409 e. The van der Waals surface area contributed by atoms with Gasteiger partial charge in [-0.05, 0) is 55.7 Å². The first-order valence-corrected chi connectivity index (χ1v) is 10.9. The monoisotopic (exact) mass is 425 g/mol. The van der Waals surface area contributed by atoms with Crippen LogP contribution in [0.5, 0.6) is 0 Å². The molecule has 4 rings (SSSR count). The van der Waals surface area contributed by atoms with Crippen molar-refractivity contribution in [2.75, 3.05) is 25.0 Å². The second-order valence-electron chi connectivity index (χ2n) is 7.58. The van der Waals surface area contributed by atoms with Crippen molar-refractivity contribution in [2.24, 2.45) is 5.92 Å². The van der Waals surface area contributed by atoms with Gasteiger partial charge in [0.2, 0.25) is 5.91 Å². The number of likely N-dealkylation sites (tertiary alicyclic amines) is 1. The largest absolute Gasteiger partial charge is 0.472 e. The average Bonchev–Trinajstić information content (AvgIpc) is 3.51. The van der Waals surface area contributed by atoms with E-state index in [9.17, 15) is 14.9 Å². The molecule has 1 unspecified atom stereocenters. The predicted octanol–water partition coefficient (Wildman–Crippen LogP) is 4.20. The van der Waals surface area contributed by atoms with E-state index in [0.717, 1.165) is 61.2 Å². The van der Waals surface area contributed by atoms with Crippen LogP contribution in [-0.4, -0.2) is 36.6 Å². The van der Waals surface area contributed by atoms with Crippen molar-refractivity contribution in [1.29, 1.82) is 5.26 Å². The Bertz CT molecular complexity index is 981. The van der Waals surface area contributed by atoms with Crippen LogP contribution in [0.15, 0.2) is 29.1 Å². The fourth-order valence-electron chi connectivity index (χ4n) is 3.88. The normalized spacial score (nSPS) is 18.2. The highest BCUT2D eigenvalue weighted by molar-refractivity contribution is 7.16. The van der Waals surface area contributed by atoms with Crippen molar-refractivity contribution in [2.45, 2.75) is 32.1 Å². The number of anilines is 1. The van der Waals surface area contributed by atoms with Crippen LogP contribution in [0.3, 0.4) is 0 Å². The first kappa shape index (κ1) is 20.2. The summed E-state index contributed by atoms with van der Waals surface area (Å²) in [5.74, 6) is -0.0545. The Morgan fingerprint density at radius 1 is 1.40 bits per heavy atom. The summed E-state index contributed by atoms with van der Waals surface area (Å²) in [7, 11) is 0. The first-order chi connectivity index (χ1) is 14.6. The van der Waals surface area contributed by atoms with Gasteiger partial charge in [0.05, 0.1) is 24.7 Å². The lowest BCUT2D eigenvalue weighted by Crippen LogP contribution is -2.30. The summed E-state index contributed by atoms with van der Waals surface area (Å²) in [6.07, 6.45) is 10.4. The van der Waals surface area contributed by atoms with E-state index in [-0.39, 0.29) is 17.9 Å². The van der Waals surface area contributed by atoms with Gasteiger partial charge in [0.1, 0.15) is 11.1 Å². The Labute approximate surface area is 178 Å². The summed E-state index contributed by atoms with van der Waals surface area (Å²) < 4.78 is 10.5. The van der Waals surface area contributed by atoms with E-state index in [2.05, 4.69) is 11.4 Å². The number of carbonyl (C=O) groups is 2. The second kappa shape index (κ2) is 9.18. The molecule has 0 saturated carbocycles. The number of fused-ring (bicyclic) bond motifs is 1. The number of hydrogen-bond acceptors (Lipinski definition) is 6. The number of nitrogens with zero attached hydrogens (tertiary/aromatic N) is 2.